The molecular formula is C11H19N3O2. The smallest absolute Gasteiger partial charge is 0.235 e. The van der Waals surface area contributed by atoms with Crippen LogP contribution >= 0.6 is 0 Å². The maximum Gasteiger partial charge on any atom is 0.235 e. The van der Waals surface area contributed by atoms with E-state index in [1.54, 1.807) is 4.68 Å². The molecular weight excluding hydrogens is 206 g/mol. The van der Waals surface area contributed by atoms with Crippen LogP contribution in [0.25, 0.3) is 0 Å². The zero-order chi connectivity index (χ0) is 11.5. The third kappa shape index (κ3) is 2.14. The highest BCUT2D eigenvalue weighted by atomic mass is 16.5. The number of ether oxygens (including phenoxy) is 2. The van der Waals surface area contributed by atoms with Gasteiger partial charge in [-0.05, 0) is 12.8 Å². The molecule has 0 amide bonds. The summed E-state index contributed by atoms with van der Waals surface area (Å²) >= 11 is 0. The van der Waals surface area contributed by atoms with Gasteiger partial charge >= 0.3 is 0 Å². The molecule has 0 spiro atoms. The molecule has 2 N–H and O–H groups in total. The van der Waals surface area contributed by atoms with Crippen molar-refractivity contribution in [1.82, 2.24) is 9.78 Å². The van der Waals surface area contributed by atoms with Gasteiger partial charge in [0.1, 0.15) is 5.69 Å². The molecule has 90 valence electrons. The summed E-state index contributed by atoms with van der Waals surface area (Å²) in [4.78, 5) is 0. The average Bonchev–Trinajstić information content (AvgIpc) is 2.86. The normalized spacial score (nSPS) is 20.2. The van der Waals surface area contributed by atoms with Gasteiger partial charge in [-0.1, -0.05) is 6.92 Å². The van der Waals surface area contributed by atoms with Gasteiger partial charge in [-0.2, -0.15) is 5.10 Å². The summed E-state index contributed by atoms with van der Waals surface area (Å²) in [6.45, 7) is 4.33. The second kappa shape index (κ2) is 4.74. The first-order chi connectivity index (χ1) is 7.72. The summed E-state index contributed by atoms with van der Waals surface area (Å²) < 4.78 is 12.7. The Morgan fingerprint density at radius 3 is 3.00 bits per heavy atom. The number of hydrogen-bond donors (Lipinski definition) is 1. The molecule has 5 nitrogen and oxygen atoms in total. The van der Waals surface area contributed by atoms with E-state index >= 15 is 0 Å². The lowest BCUT2D eigenvalue weighted by Gasteiger charge is -2.10. The minimum Gasteiger partial charge on any atom is -0.476 e. The largest absolute Gasteiger partial charge is 0.476 e. The molecule has 1 saturated heterocycles. The fraction of sp³-hybridized carbons (Fsp3) is 0.727. The molecule has 0 bridgehead atoms. The number of aromatic nitrogens is 2. The third-order valence-electron chi connectivity index (χ3n) is 2.92. The first-order valence-electron chi connectivity index (χ1n) is 5.74. The van der Waals surface area contributed by atoms with Gasteiger partial charge in [0.05, 0.1) is 18.9 Å². The molecule has 5 heteroatoms. The number of nitrogens with two attached hydrogens (primary N) is 1. The van der Waals surface area contributed by atoms with Crippen LogP contribution in [0.1, 0.15) is 19.0 Å². The molecule has 1 fully saturated rings. The van der Waals surface area contributed by atoms with Crippen molar-refractivity contribution < 1.29 is 9.47 Å². The van der Waals surface area contributed by atoms with Gasteiger partial charge in [-0.25, -0.2) is 4.68 Å². The second-order valence-electron chi connectivity index (χ2n) is 4.18. The Bertz CT molecular complexity index is 356. The second-order valence-corrected chi connectivity index (χ2v) is 4.18. The van der Waals surface area contributed by atoms with E-state index in [9.17, 15) is 0 Å². The molecule has 1 aliphatic heterocycles. The molecule has 0 radical (unpaired) electrons. The lowest BCUT2D eigenvalue weighted by molar-refractivity contribution is 0.164. The third-order valence-corrected chi connectivity index (χ3v) is 2.92. The van der Waals surface area contributed by atoms with Crippen molar-refractivity contribution in [3.05, 3.63) is 5.69 Å². The number of aryl methyl sites for hydroxylation is 2. The van der Waals surface area contributed by atoms with E-state index in [0.29, 0.717) is 24.1 Å². The number of anilines is 1. The highest BCUT2D eigenvalue weighted by molar-refractivity contribution is 5.53. The Kier molecular flexibility index (Phi) is 3.33. The fourth-order valence-electron chi connectivity index (χ4n) is 1.92. The van der Waals surface area contributed by atoms with Crippen molar-refractivity contribution in [2.24, 2.45) is 13.0 Å². The summed E-state index contributed by atoms with van der Waals surface area (Å²) in [5, 5.41) is 4.31. The van der Waals surface area contributed by atoms with Gasteiger partial charge in [0.15, 0.2) is 0 Å². The van der Waals surface area contributed by atoms with Crippen molar-refractivity contribution in [2.75, 3.05) is 25.6 Å². The topological polar surface area (TPSA) is 62.3 Å². The van der Waals surface area contributed by atoms with Crippen LogP contribution in [0.3, 0.4) is 0 Å². The fourth-order valence-corrected chi connectivity index (χ4v) is 1.92. The van der Waals surface area contributed by atoms with Gasteiger partial charge < -0.3 is 15.2 Å². The Balaban J connectivity index is 2.00. The van der Waals surface area contributed by atoms with Crippen LogP contribution in [0, 0.1) is 5.92 Å². The zero-order valence-electron chi connectivity index (χ0n) is 9.90. The van der Waals surface area contributed by atoms with Gasteiger partial charge in [0.2, 0.25) is 5.88 Å². The van der Waals surface area contributed by atoms with Crippen LogP contribution in [-0.4, -0.2) is 29.6 Å². The minimum atomic E-state index is 0.486. The van der Waals surface area contributed by atoms with Crippen molar-refractivity contribution in [3.8, 4) is 5.88 Å². The van der Waals surface area contributed by atoms with Crippen LogP contribution in [-0.2, 0) is 18.2 Å². The first-order valence-corrected chi connectivity index (χ1v) is 5.74. The summed E-state index contributed by atoms with van der Waals surface area (Å²) in [6, 6.07) is 0. The zero-order valence-corrected chi connectivity index (χ0v) is 9.90. The molecule has 1 aliphatic rings. The van der Waals surface area contributed by atoms with E-state index in [2.05, 4.69) is 5.10 Å². The maximum atomic E-state index is 5.96. The Labute approximate surface area is 95.5 Å². The molecule has 1 atom stereocenters. The predicted octanol–water partition coefficient (Wildman–Crippen LogP) is 0.980. The van der Waals surface area contributed by atoms with Gasteiger partial charge in [0, 0.05) is 19.6 Å². The lowest BCUT2D eigenvalue weighted by atomic mass is 10.1. The maximum absolute atomic E-state index is 5.96. The van der Waals surface area contributed by atoms with Crippen molar-refractivity contribution >= 4 is 5.69 Å². The molecule has 1 aromatic rings. The summed E-state index contributed by atoms with van der Waals surface area (Å²) in [5.74, 6) is 1.17. The summed E-state index contributed by atoms with van der Waals surface area (Å²) in [6.07, 6.45) is 1.90. The van der Waals surface area contributed by atoms with Crippen molar-refractivity contribution in [3.63, 3.8) is 0 Å². The number of rotatable bonds is 4. The van der Waals surface area contributed by atoms with Crippen LogP contribution < -0.4 is 10.5 Å². The van der Waals surface area contributed by atoms with Crippen LogP contribution in [0.4, 0.5) is 5.69 Å². The van der Waals surface area contributed by atoms with E-state index in [0.717, 1.165) is 31.7 Å². The van der Waals surface area contributed by atoms with Gasteiger partial charge in [0.25, 0.3) is 0 Å². The van der Waals surface area contributed by atoms with Crippen molar-refractivity contribution in [1.29, 1.82) is 0 Å². The van der Waals surface area contributed by atoms with Gasteiger partial charge in [-0.15, -0.1) is 0 Å². The summed E-state index contributed by atoms with van der Waals surface area (Å²) in [7, 11) is 1.86. The molecule has 0 aromatic carbocycles. The standard InChI is InChI=1S/C11H19N3O2/c1-3-9-10(12)11(14(2)13-9)16-7-8-4-5-15-6-8/h8H,3-7,12H2,1-2H3. The van der Waals surface area contributed by atoms with E-state index in [1.807, 2.05) is 14.0 Å². The van der Waals surface area contributed by atoms with Gasteiger partial charge in [-0.3, -0.25) is 0 Å². The number of nitrogens with zero attached hydrogens (tertiary/aromatic N) is 2. The van der Waals surface area contributed by atoms with E-state index in [1.165, 1.54) is 0 Å². The summed E-state index contributed by atoms with van der Waals surface area (Å²) in [5.41, 5.74) is 7.53. The van der Waals surface area contributed by atoms with Crippen molar-refractivity contribution in [2.45, 2.75) is 19.8 Å². The van der Waals surface area contributed by atoms with Crippen LogP contribution in [0.15, 0.2) is 0 Å². The van der Waals surface area contributed by atoms with E-state index < -0.39 is 0 Å². The lowest BCUT2D eigenvalue weighted by Crippen LogP contribution is -2.13. The molecule has 2 rings (SSSR count). The highest BCUT2D eigenvalue weighted by Gasteiger charge is 2.19. The van der Waals surface area contributed by atoms with E-state index in [-0.39, 0.29) is 0 Å². The Hall–Kier alpha value is -1.23. The van der Waals surface area contributed by atoms with Crippen LogP contribution in [0.2, 0.25) is 0 Å². The molecule has 16 heavy (non-hydrogen) atoms. The Morgan fingerprint density at radius 1 is 1.62 bits per heavy atom. The Morgan fingerprint density at radius 2 is 2.44 bits per heavy atom. The quantitative estimate of drug-likeness (QED) is 0.829. The number of nitrogen functional groups attached to an aromatic ring is 1. The molecule has 0 saturated carbocycles. The molecule has 1 aromatic heterocycles. The number of hydrogen-bond acceptors (Lipinski definition) is 4. The minimum absolute atomic E-state index is 0.486. The SMILES string of the molecule is CCc1nn(C)c(OCC2CCOC2)c1N. The molecule has 0 aliphatic carbocycles. The monoisotopic (exact) mass is 225 g/mol. The van der Waals surface area contributed by atoms with Crippen LogP contribution in [0.5, 0.6) is 5.88 Å². The first kappa shape index (κ1) is 11.3. The van der Waals surface area contributed by atoms with E-state index in [4.69, 9.17) is 15.2 Å². The average molecular weight is 225 g/mol. The predicted molar refractivity (Wildman–Crippen MR) is 61.4 cm³/mol. The molecule has 1 unspecified atom stereocenters. The highest BCUT2D eigenvalue weighted by Crippen LogP contribution is 2.26. The molecule has 2 heterocycles.